The SMILES string of the molecule is O=C([C@@H]1C[C@H]2CCCC[C@H]2N1C(=O)c1ccc(F)cc1)N1CCN(c2ccccc2)CC1. The number of carbonyl (C=O) groups is 2. The maximum atomic E-state index is 13.6. The van der Waals surface area contributed by atoms with Gasteiger partial charge < -0.3 is 14.7 Å². The standard InChI is InChI=1S/C26H30FN3O2/c27-21-12-10-19(11-13-21)25(31)30-23-9-5-4-6-20(23)18-24(30)26(32)29-16-14-28(15-17-29)22-7-2-1-3-8-22/h1-3,7-8,10-13,20,23-24H,4-6,9,14-18H2/t20-,23-,24+/m1/s1. The van der Waals surface area contributed by atoms with Gasteiger partial charge in [-0.1, -0.05) is 31.0 Å². The topological polar surface area (TPSA) is 43.9 Å². The summed E-state index contributed by atoms with van der Waals surface area (Å²) in [5.41, 5.74) is 1.64. The molecule has 1 saturated carbocycles. The van der Waals surface area contributed by atoms with E-state index < -0.39 is 6.04 Å². The summed E-state index contributed by atoms with van der Waals surface area (Å²) in [5.74, 6) is -0.0432. The zero-order chi connectivity index (χ0) is 22.1. The number of rotatable bonds is 3. The second-order valence-corrected chi connectivity index (χ2v) is 9.23. The molecular formula is C26H30FN3O2. The number of para-hydroxylation sites is 1. The molecule has 0 bridgehead atoms. The quantitative estimate of drug-likeness (QED) is 0.733. The van der Waals surface area contributed by atoms with Crippen molar-refractivity contribution in [2.24, 2.45) is 5.92 Å². The Morgan fingerprint density at radius 1 is 0.844 bits per heavy atom. The van der Waals surface area contributed by atoms with Crippen LogP contribution in [0.1, 0.15) is 42.5 Å². The number of fused-ring (bicyclic) bond motifs is 1. The van der Waals surface area contributed by atoms with E-state index in [0.29, 0.717) is 24.6 Å². The van der Waals surface area contributed by atoms with Gasteiger partial charge in [-0.25, -0.2) is 4.39 Å². The van der Waals surface area contributed by atoms with Crippen LogP contribution in [-0.4, -0.2) is 59.9 Å². The normalized spacial score (nSPS) is 25.5. The first-order chi connectivity index (χ1) is 15.6. The zero-order valence-electron chi connectivity index (χ0n) is 18.3. The lowest BCUT2D eigenvalue weighted by Gasteiger charge is -2.39. The van der Waals surface area contributed by atoms with Gasteiger partial charge in [0.1, 0.15) is 11.9 Å². The lowest BCUT2D eigenvalue weighted by Crippen LogP contribution is -2.55. The van der Waals surface area contributed by atoms with E-state index in [1.165, 1.54) is 30.0 Å². The summed E-state index contributed by atoms with van der Waals surface area (Å²) in [7, 11) is 0. The van der Waals surface area contributed by atoms with E-state index in [1.807, 2.05) is 28.0 Å². The third-order valence-corrected chi connectivity index (χ3v) is 7.41. The lowest BCUT2D eigenvalue weighted by atomic mass is 9.84. The van der Waals surface area contributed by atoms with Crippen molar-refractivity contribution in [3.63, 3.8) is 0 Å². The highest BCUT2D eigenvalue weighted by molar-refractivity contribution is 5.98. The molecule has 168 valence electrons. The fourth-order valence-electron chi connectivity index (χ4n) is 5.75. The molecule has 5 rings (SSSR count). The molecule has 0 spiro atoms. The van der Waals surface area contributed by atoms with Gasteiger partial charge in [-0.2, -0.15) is 0 Å². The highest BCUT2D eigenvalue weighted by atomic mass is 19.1. The van der Waals surface area contributed by atoms with Crippen LogP contribution in [0, 0.1) is 11.7 Å². The molecule has 0 N–H and O–H groups in total. The molecule has 0 aromatic heterocycles. The zero-order valence-corrected chi connectivity index (χ0v) is 18.3. The van der Waals surface area contributed by atoms with Crippen LogP contribution in [0.2, 0.25) is 0 Å². The van der Waals surface area contributed by atoms with Crippen LogP contribution in [0.25, 0.3) is 0 Å². The van der Waals surface area contributed by atoms with Crippen molar-refractivity contribution < 1.29 is 14.0 Å². The second kappa shape index (κ2) is 8.93. The summed E-state index contributed by atoms with van der Waals surface area (Å²) in [5, 5.41) is 0. The Labute approximate surface area is 188 Å². The molecule has 2 saturated heterocycles. The third-order valence-electron chi connectivity index (χ3n) is 7.41. The number of hydrogen-bond acceptors (Lipinski definition) is 3. The van der Waals surface area contributed by atoms with Crippen LogP contribution in [-0.2, 0) is 4.79 Å². The number of nitrogens with zero attached hydrogens (tertiary/aromatic N) is 3. The molecule has 5 nitrogen and oxygen atoms in total. The molecule has 2 aromatic carbocycles. The molecule has 0 unspecified atom stereocenters. The van der Waals surface area contributed by atoms with Crippen molar-refractivity contribution in [1.82, 2.24) is 9.80 Å². The first-order valence-electron chi connectivity index (χ1n) is 11.8. The molecule has 3 fully saturated rings. The molecule has 1 aliphatic carbocycles. The predicted molar refractivity (Wildman–Crippen MR) is 122 cm³/mol. The summed E-state index contributed by atoms with van der Waals surface area (Å²) in [6.45, 7) is 2.92. The van der Waals surface area contributed by atoms with E-state index in [2.05, 4.69) is 17.0 Å². The van der Waals surface area contributed by atoms with E-state index in [1.54, 1.807) is 0 Å². The Balaban J connectivity index is 1.33. The summed E-state index contributed by atoms with van der Waals surface area (Å²) in [6.07, 6.45) is 5.02. The Morgan fingerprint density at radius 2 is 1.53 bits per heavy atom. The summed E-state index contributed by atoms with van der Waals surface area (Å²) in [6, 6.07) is 15.7. The molecule has 2 heterocycles. The highest BCUT2D eigenvalue weighted by Gasteiger charge is 2.48. The molecule has 0 radical (unpaired) electrons. The first-order valence-corrected chi connectivity index (χ1v) is 11.8. The molecule has 32 heavy (non-hydrogen) atoms. The molecule has 6 heteroatoms. The van der Waals surface area contributed by atoms with Crippen LogP contribution in [0.15, 0.2) is 54.6 Å². The number of likely N-dealkylation sites (tertiary alicyclic amines) is 1. The number of carbonyl (C=O) groups excluding carboxylic acids is 2. The van der Waals surface area contributed by atoms with E-state index >= 15 is 0 Å². The van der Waals surface area contributed by atoms with Crippen molar-refractivity contribution in [3.05, 3.63) is 66.0 Å². The van der Waals surface area contributed by atoms with Gasteiger partial charge in [0.05, 0.1) is 0 Å². The molecule has 2 amide bonds. The number of amides is 2. The lowest BCUT2D eigenvalue weighted by molar-refractivity contribution is -0.136. The van der Waals surface area contributed by atoms with E-state index in [9.17, 15) is 14.0 Å². The van der Waals surface area contributed by atoms with Gasteiger partial charge in [-0.3, -0.25) is 9.59 Å². The number of piperazine rings is 1. The van der Waals surface area contributed by atoms with Crippen molar-refractivity contribution in [3.8, 4) is 0 Å². The van der Waals surface area contributed by atoms with Gasteiger partial charge in [0.15, 0.2) is 0 Å². The Bertz CT molecular complexity index is 957. The van der Waals surface area contributed by atoms with Crippen LogP contribution in [0.4, 0.5) is 10.1 Å². The van der Waals surface area contributed by atoms with Gasteiger partial charge in [0.2, 0.25) is 5.91 Å². The van der Waals surface area contributed by atoms with Gasteiger partial charge >= 0.3 is 0 Å². The molecule has 2 aromatic rings. The van der Waals surface area contributed by atoms with Gasteiger partial charge in [0, 0.05) is 43.5 Å². The molecule has 2 aliphatic heterocycles. The maximum absolute atomic E-state index is 13.6. The highest BCUT2D eigenvalue weighted by Crippen LogP contribution is 2.41. The second-order valence-electron chi connectivity index (χ2n) is 9.23. The summed E-state index contributed by atoms with van der Waals surface area (Å²) >= 11 is 0. The van der Waals surface area contributed by atoms with E-state index in [0.717, 1.165) is 45.2 Å². The van der Waals surface area contributed by atoms with Crippen molar-refractivity contribution in [2.75, 3.05) is 31.1 Å². The summed E-state index contributed by atoms with van der Waals surface area (Å²) < 4.78 is 13.4. The van der Waals surface area contributed by atoms with E-state index in [-0.39, 0.29) is 23.7 Å². The minimum atomic E-state index is -0.413. The van der Waals surface area contributed by atoms with Gasteiger partial charge in [0.25, 0.3) is 5.91 Å². The Morgan fingerprint density at radius 3 is 2.25 bits per heavy atom. The Kier molecular flexibility index (Phi) is 5.85. The number of benzene rings is 2. The number of halogens is 1. The van der Waals surface area contributed by atoms with E-state index in [4.69, 9.17) is 0 Å². The van der Waals surface area contributed by atoms with Crippen molar-refractivity contribution >= 4 is 17.5 Å². The fourth-order valence-corrected chi connectivity index (χ4v) is 5.75. The summed E-state index contributed by atoms with van der Waals surface area (Å²) in [4.78, 5) is 33.2. The fraction of sp³-hybridized carbons (Fsp3) is 0.462. The Hall–Kier alpha value is -2.89. The minimum Gasteiger partial charge on any atom is -0.368 e. The van der Waals surface area contributed by atoms with Crippen molar-refractivity contribution in [1.29, 1.82) is 0 Å². The van der Waals surface area contributed by atoms with Gasteiger partial charge in [-0.05, 0) is 61.6 Å². The molecular weight excluding hydrogens is 405 g/mol. The molecule has 3 aliphatic rings. The number of anilines is 1. The van der Waals surface area contributed by atoms with Crippen LogP contribution in [0.5, 0.6) is 0 Å². The van der Waals surface area contributed by atoms with Crippen LogP contribution < -0.4 is 4.90 Å². The van der Waals surface area contributed by atoms with Crippen LogP contribution in [0.3, 0.4) is 0 Å². The number of hydrogen-bond donors (Lipinski definition) is 0. The molecule has 3 atom stereocenters. The third kappa shape index (κ3) is 3.98. The average molecular weight is 436 g/mol. The smallest absolute Gasteiger partial charge is 0.254 e. The predicted octanol–water partition coefficient (Wildman–Crippen LogP) is 3.95. The largest absolute Gasteiger partial charge is 0.368 e. The maximum Gasteiger partial charge on any atom is 0.254 e. The van der Waals surface area contributed by atoms with Crippen molar-refractivity contribution in [2.45, 2.75) is 44.2 Å². The van der Waals surface area contributed by atoms with Gasteiger partial charge in [-0.15, -0.1) is 0 Å². The monoisotopic (exact) mass is 435 g/mol. The minimum absolute atomic E-state index is 0.0718. The van der Waals surface area contributed by atoms with Crippen LogP contribution >= 0.6 is 0 Å². The average Bonchev–Trinajstić information content (AvgIpc) is 3.24. The first kappa shape index (κ1) is 21.0.